The summed E-state index contributed by atoms with van der Waals surface area (Å²) < 4.78 is 11.1. The number of hydrogen-bond acceptors (Lipinski definition) is 5. The maximum absolute atomic E-state index is 12.6. The predicted molar refractivity (Wildman–Crippen MR) is 91.5 cm³/mol. The van der Waals surface area contributed by atoms with E-state index in [-0.39, 0.29) is 11.8 Å². The van der Waals surface area contributed by atoms with Crippen molar-refractivity contribution in [3.8, 4) is 5.75 Å². The summed E-state index contributed by atoms with van der Waals surface area (Å²) in [5.74, 6) is 1.56. The van der Waals surface area contributed by atoms with E-state index in [0.29, 0.717) is 29.6 Å². The van der Waals surface area contributed by atoms with Gasteiger partial charge in [-0.15, -0.1) is 5.10 Å². The molecular formula is C17H21N3O3S. The molecule has 1 aromatic heterocycles. The maximum Gasteiger partial charge on any atom is 0.284 e. The molecule has 0 radical (unpaired) electrons. The Labute approximate surface area is 145 Å². The Bertz CT molecular complexity index is 745. The van der Waals surface area contributed by atoms with Crippen molar-refractivity contribution in [2.75, 3.05) is 13.1 Å². The first kappa shape index (κ1) is 16.7. The number of aryl methyl sites for hydroxylation is 1. The number of ether oxygens (including phenoxy) is 1. The van der Waals surface area contributed by atoms with Crippen LogP contribution in [0.15, 0.2) is 28.7 Å². The molecule has 1 amide bonds. The van der Waals surface area contributed by atoms with Gasteiger partial charge >= 0.3 is 0 Å². The van der Waals surface area contributed by atoms with Gasteiger partial charge in [0, 0.05) is 19.0 Å². The normalized spacial score (nSPS) is 16.8. The van der Waals surface area contributed by atoms with Gasteiger partial charge in [0.2, 0.25) is 5.89 Å². The molecule has 1 aliphatic heterocycles. The van der Waals surface area contributed by atoms with Crippen molar-refractivity contribution in [1.82, 2.24) is 15.1 Å². The van der Waals surface area contributed by atoms with Gasteiger partial charge in [-0.05, 0) is 51.0 Å². The fourth-order valence-corrected chi connectivity index (χ4v) is 3.02. The topological polar surface area (TPSA) is 71.4 Å². The number of rotatable bonds is 4. The van der Waals surface area contributed by atoms with Crippen molar-refractivity contribution in [3.63, 3.8) is 0 Å². The second-order valence-corrected chi connectivity index (χ2v) is 6.49. The summed E-state index contributed by atoms with van der Waals surface area (Å²) in [6.45, 7) is 5.14. The highest BCUT2D eigenvalue weighted by Gasteiger charge is 2.29. The zero-order valence-electron chi connectivity index (χ0n) is 13.8. The standard InChI is InChI=1S/C17H21N3O3S/c1-11-3-5-14(6-4-11)22-12(2)16(21)20-9-7-13(8-10-20)15-18-19-17(24)23-15/h3-6,12-13H,7-10H2,1-2H3,(H,19,24)/t12-/m1/s1. The Morgan fingerprint density at radius 3 is 2.62 bits per heavy atom. The highest BCUT2D eigenvalue weighted by Crippen LogP contribution is 2.27. The summed E-state index contributed by atoms with van der Waals surface area (Å²) in [5, 5.41) is 6.73. The third kappa shape index (κ3) is 3.84. The van der Waals surface area contributed by atoms with Crippen LogP contribution in [0.4, 0.5) is 0 Å². The fraction of sp³-hybridized carbons (Fsp3) is 0.471. The molecule has 0 bridgehead atoms. The Balaban J connectivity index is 1.54. The Kier molecular flexibility index (Phi) is 4.99. The van der Waals surface area contributed by atoms with Crippen LogP contribution in [0.3, 0.4) is 0 Å². The smallest absolute Gasteiger partial charge is 0.284 e. The van der Waals surface area contributed by atoms with E-state index in [2.05, 4.69) is 10.2 Å². The predicted octanol–water partition coefficient (Wildman–Crippen LogP) is 3.21. The van der Waals surface area contributed by atoms with Gasteiger partial charge in [0.25, 0.3) is 10.7 Å². The van der Waals surface area contributed by atoms with Crippen LogP contribution in [0, 0.1) is 11.8 Å². The second-order valence-electron chi connectivity index (χ2n) is 6.12. The minimum Gasteiger partial charge on any atom is -0.481 e. The van der Waals surface area contributed by atoms with Crippen molar-refractivity contribution in [3.05, 3.63) is 40.6 Å². The number of likely N-dealkylation sites (tertiary alicyclic amines) is 1. The highest BCUT2D eigenvalue weighted by molar-refractivity contribution is 7.71. The molecule has 6 nitrogen and oxygen atoms in total. The number of aromatic amines is 1. The number of H-pyrrole nitrogens is 1. The Morgan fingerprint density at radius 2 is 2.04 bits per heavy atom. The van der Waals surface area contributed by atoms with E-state index >= 15 is 0 Å². The zero-order valence-corrected chi connectivity index (χ0v) is 14.6. The molecular weight excluding hydrogens is 326 g/mol. The SMILES string of the molecule is Cc1ccc(O[C@H](C)C(=O)N2CCC(c3n[nH]c(=S)o3)CC2)cc1. The van der Waals surface area contributed by atoms with Gasteiger partial charge in [-0.25, -0.2) is 5.10 Å². The molecule has 1 aromatic carbocycles. The number of hydrogen-bond donors (Lipinski definition) is 1. The van der Waals surface area contributed by atoms with Crippen LogP contribution in [0.5, 0.6) is 5.75 Å². The van der Waals surface area contributed by atoms with E-state index in [4.69, 9.17) is 21.4 Å². The summed E-state index contributed by atoms with van der Waals surface area (Å²) in [7, 11) is 0. The average Bonchev–Trinajstić information content (AvgIpc) is 3.03. The molecule has 0 saturated carbocycles. The lowest BCUT2D eigenvalue weighted by Crippen LogP contribution is -2.44. The quantitative estimate of drug-likeness (QED) is 0.860. The number of nitrogens with one attached hydrogen (secondary N) is 1. The van der Waals surface area contributed by atoms with E-state index in [1.165, 1.54) is 0 Å². The monoisotopic (exact) mass is 347 g/mol. The minimum absolute atomic E-state index is 0.0111. The average molecular weight is 347 g/mol. The molecule has 1 fully saturated rings. The van der Waals surface area contributed by atoms with E-state index in [1.54, 1.807) is 6.92 Å². The number of piperidine rings is 1. The number of carbonyl (C=O) groups excluding carboxylic acids is 1. The third-order valence-corrected chi connectivity index (χ3v) is 4.47. The number of aromatic nitrogens is 2. The molecule has 0 aliphatic carbocycles. The van der Waals surface area contributed by atoms with Crippen LogP contribution in [0.1, 0.15) is 37.1 Å². The highest BCUT2D eigenvalue weighted by atomic mass is 32.1. The van der Waals surface area contributed by atoms with Gasteiger partial charge in [0.05, 0.1) is 0 Å². The summed E-state index contributed by atoms with van der Waals surface area (Å²) in [5.41, 5.74) is 1.16. The van der Waals surface area contributed by atoms with E-state index in [9.17, 15) is 4.79 Å². The van der Waals surface area contributed by atoms with E-state index in [1.807, 2.05) is 36.1 Å². The van der Waals surface area contributed by atoms with Crippen LogP contribution < -0.4 is 4.74 Å². The third-order valence-electron chi connectivity index (χ3n) is 4.29. The summed E-state index contributed by atoms with van der Waals surface area (Å²) >= 11 is 4.91. The lowest BCUT2D eigenvalue weighted by atomic mass is 9.96. The molecule has 1 saturated heterocycles. The van der Waals surface area contributed by atoms with Gasteiger partial charge in [-0.3, -0.25) is 4.79 Å². The number of carbonyl (C=O) groups is 1. The van der Waals surface area contributed by atoms with Gasteiger partial charge in [-0.2, -0.15) is 0 Å². The van der Waals surface area contributed by atoms with Crippen molar-refractivity contribution >= 4 is 18.1 Å². The van der Waals surface area contributed by atoms with Crippen LogP contribution in [-0.2, 0) is 4.79 Å². The molecule has 7 heteroatoms. The molecule has 2 heterocycles. The second kappa shape index (κ2) is 7.17. The molecule has 1 aliphatic rings. The summed E-state index contributed by atoms with van der Waals surface area (Å²) in [6.07, 6.45) is 1.12. The molecule has 24 heavy (non-hydrogen) atoms. The Hall–Kier alpha value is -2.15. The summed E-state index contributed by atoms with van der Waals surface area (Å²) in [4.78, 5) is 14.7. The van der Waals surface area contributed by atoms with Crippen LogP contribution >= 0.6 is 12.2 Å². The zero-order chi connectivity index (χ0) is 17.1. The first-order valence-electron chi connectivity index (χ1n) is 8.10. The molecule has 1 atom stereocenters. The van der Waals surface area contributed by atoms with Crippen molar-refractivity contribution in [2.24, 2.45) is 0 Å². The molecule has 0 spiro atoms. The Morgan fingerprint density at radius 1 is 1.38 bits per heavy atom. The maximum atomic E-state index is 12.6. The molecule has 1 N–H and O–H groups in total. The first-order valence-corrected chi connectivity index (χ1v) is 8.51. The van der Waals surface area contributed by atoms with E-state index < -0.39 is 6.10 Å². The van der Waals surface area contributed by atoms with Crippen LogP contribution in [0.2, 0.25) is 0 Å². The molecule has 0 unspecified atom stereocenters. The van der Waals surface area contributed by atoms with Gasteiger partial charge in [-0.1, -0.05) is 17.7 Å². The number of benzene rings is 1. The van der Waals surface area contributed by atoms with Crippen LogP contribution in [0.25, 0.3) is 0 Å². The minimum atomic E-state index is -0.501. The molecule has 3 rings (SSSR count). The fourth-order valence-electron chi connectivity index (χ4n) is 2.89. The molecule has 128 valence electrons. The number of nitrogens with zero attached hydrogens (tertiary/aromatic N) is 2. The van der Waals surface area contributed by atoms with Crippen molar-refractivity contribution in [2.45, 2.75) is 38.7 Å². The first-order chi connectivity index (χ1) is 11.5. The number of amides is 1. The van der Waals surface area contributed by atoms with Crippen molar-refractivity contribution in [1.29, 1.82) is 0 Å². The lowest BCUT2D eigenvalue weighted by molar-refractivity contribution is -0.139. The summed E-state index contributed by atoms with van der Waals surface area (Å²) in [6, 6.07) is 7.71. The van der Waals surface area contributed by atoms with E-state index in [0.717, 1.165) is 18.4 Å². The van der Waals surface area contributed by atoms with Gasteiger partial charge in [0.1, 0.15) is 5.75 Å². The lowest BCUT2D eigenvalue weighted by Gasteiger charge is -2.32. The largest absolute Gasteiger partial charge is 0.481 e. The van der Waals surface area contributed by atoms with Gasteiger partial charge < -0.3 is 14.1 Å². The molecule has 2 aromatic rings. The van der Waals surface area contributed by atoms with Gasteiger partial charge in [0.15, 0.2) is 6.10 Å². The van der Waals surface area contributed by atoms with Crippen molar-refractivity contribution < 1.29 is 13.9 Å². The van der Waals surface area contributed by atoms with Crippen LogP contribution in [-0.4, -0.2) is 40.2 Å².